The second-order valence-electron chi connectivity index (χ2n) is 7.56. The minimum atomic E-state index is 0.221. The van der Waals surface area contributed by atoms with E-state index >= 15 is 0 Å². The third-order valence-electron chi connectivity index (χ3n) is 5.46. The summed E-state index contributed by atoms with van der Waals surface area (Å²) >= 11 is 3.53. The van der Waals surface area contributed by atoms with Crippen molar-refractivity contribution in [3.8, 4) is 0 Å². The lowest BCUT2D eigenvalue weighted by Gasteiger charge is -2.25. The van der Waals surface area contributed by atoms with Gasteiger partial charge in [-0.25, -0.2) is 0 Å². The van der Waals surface area contributed by atoms with Gasteiger partial charge in [0.25, 0.3) is 0 Å². The zero-order valence-electron chi connectivity index (χ0n) is 16.6. The molecule has 0 spiro atoms. The largest absolute Gasteiger partial charge is 0.303 e. The number of Topliss-reactive ketones (excluding diaryl/α,β-unsaturated/α-hetero) is 1. The lowest BCUT2D eigenvalue weighted by molar-refractivity contribution is 0.0982. The van der Waals surface area contributed by atoms with Gasteiger partial charge in [-0.05, 0) is 30.7 Å². The molecule has 1 aromatic carbocycles. The predicted octanol–water partition coefficient (Wildman–Crippen LogP) is 6.19. The summed E-state index contributed by atoms with van der Waals surface area (Å²) in [6.45, 7) is 0. The first-order chi connectivity index (χ1) is 14.3. The molecule has 1 aliphatic carbocycles. The number of carbonyl (C=O) groups excluding carboxylic acids is 1. The molecule has 4 nitrogen and oxygen atoms in total. The van der Waals surface area contributed by atoms with Gasteiger partial charge in [0.2, 0.25) is 0 Å². The quantitative estimate of drug-likeness (QED) is 0.233. The summed E-state index contributed by atoms with van der Waals surface area (Å²) in [6, 6.07) is 14.4. The second-order valence-corrected chi connectivity index (χ2v) is 9.65. The second kappa shape index (κ2) is 10.2. The molecule has 2 heterocycles. The minimum Gasteiger partial charge on any atom is -0.303 e. The van der Waals surface area contributed by atoms with Gasteiger partial charge in [-0.1, -0.05) is 67.4 Å². The summed E-state index contributed by atoms with van der Waals surface area (Å²) in [5, 5.41) is 12.2. The molecule has 4 rings (SSSR count). The Morgan fingerprint density at radius 3 is 2.66 bits per heavy atom. The molecule has 29 heavy (non-hydrogen) atoms. The van der Waals surface area contributed by atoms with E-state index < -0.39 is 0 Å². The van der Waals surface area contributed by atoms with Crippen molar-refractivity contribution < 1.29 is 4.79 Å². The van der Waals surface area contributed by atoms with E-state index in [1.165, 1.54) is 37.0 Å². The van der Waals surface area contributed by atoms with Gasteiger partial charge in [0.05, 0.1) is 0 Å². The Labute approximate surface area is 180 Å². The molecule has 2 aromatic heterocycles. The monoisotopic (exact) mass is 425 g/mol. The van der Waals surface area contributed by atoms with E-state index in [0.29, 0.717) is 12.5 Å². The molecule has 152 valence electrons. The summed E-state index contributed by atoms with van der Waals surface area (Å²) in [6.07, 6.45) is 8.64. The van der Waals surface area contributed by atoms with Crippen molar-refractivity contribution in [3.05, 3.63) is 64.1 Å². The maximum Gasteiger partial charge on any atom is 0.191 e. The van der Waals surface area contributed by atoms with Gasteiger partial charge < -0.3 is 4.57 Å². The van der Waals surface area contributed by atoms with Crippen LogP contribution in [0, 0.1) is 0 Å². The average molecular weight is 426 g/mol. The number of thioether (sulfide) groups is 1. The SMILES string of the molecule is O=C(CCCSc1nnc(Cc2cccs2)n1C1CCCCC1)c1ccccc1. The number of nitrogens with zero attached hydrogens (tertiary/aromatic N) is 3. The fraction of sp³-hybridized carbons (Fsp3) is 0.435. The van der Waals surface area contributed by atoms with Gasteiger partial charge in [-0.3, -0.25) is 4.79 Å². The Bertz CT molecular complexity index is 900. The summed E-state index contributed by atoms with van der Waals surface area (Å²) in [4.78, 5) is 13.6. The van der Waals surface area contributed by atoms with E-state index in [9.17, 15) is 4.79 Å². The number of benzene rings is 1. The van der Waals surface area contributed by atoms with E-state index in [1.807, 2.05) is 30.3 Å². The molecule has 0 aliphatic heterocycles. The molecule has 6 heteroatoms. The number of ketones is 1. The summed E-state index contributed by atoms with van der Waals surface area (Å²) in [7, 11) is 0. The van der Waals surface area contributed by atoms with Gasteiger partial charge in [0.1, 0.15) is 5.82 Å². The van der Waals surface area contributed by atoms with Crippen molar-refractivity contribution in [2.75, 3.05) is 5.75 Å². The smallest absolute Gasteiger partial charge is 0.191 e. The zero-order chi connectivity index (χ0) is 19.9. The number of hydrogen-bond acceptors (Lipinski definition) is 5. The van der Waals surface area contributed by atoms with Crippen LogP contribution < -0.4 is 0 Å². The van der Waals surface area contributed by atoms with Crippen molar-refractivity contribution in [2.45, 2.75) is 62.6 Å². The summed E-state index contributed by atoms with van der Waals surface area (Å²) in [5.74, 6) is 2.20. The van der Waals surface area contributed by atoms with Crippen molar-refractivity contribution in [1.29, 1.82) is 0 Å². The van der Waals surface area contributed by atoms with Crippen LogP contribution in [0.15, 0.2) is 53.0 Å². The summed E-state index contributed by atoms with van der Waals surface area (Å²) in [5.41, 5.74) is 0.807. The molecule has 0 atom stereocenters. The molecule has 0 saturated heterocycles. The van der Waals surface area contributed by atoms with Gasteiger partial charge in [-0.15, -0.1) is 21.5 Å². The highest BCUT2D eigenvalue weighted by molar-refractivity contribution is 7.99. The van der Waals surface area contributed by atoms with Gasteiger partial charge in [0.15, 0.2) is 10.9 Å². The number of hydrogen-bond donors (Lipinski definition) is 0. The lowest BCUT2D eigenvalue weighted by Crippen LogP contribution is -2.16. The van der Waals surface area contributed by atoms with Crippen LogP contribution in [0.25, 0.3) is 0 Å². The molecule has 3 aromatic rings. The highest BCUT2D eigenvalue weighted by Crippen LogP contribution is 2.33. The first-order valence-electron chi connectivity index (χ1n) is 10.5. The first kappa shape index (κ1) is 20.4. The fourth-order valence-electron chi connectivity index (χ4n) is 3.97. The van der Waals surface area contributed by atoms with Crippen LogP contribution in [-0.4, -0.2) is 26.3 Å². The van der Waals surface area contributed by atoms with Crippen molar-refractivity contribution in [2.24, 2.45) is 0 Å². The molecule has 1 aliphatic rings. The van der Waals surface area contributed by atoms with E-state index in [2.05, 4.69) is 32.3 Å². The van der Waals surface area contributed by atoms with E-state index in [1.54, 1.807) is 23.1 Å². The average Bonchev–Trinajstić information content (AvgIpc) is 3.42. The van der Waals surface area contributed by atoms with Crippen molar-refractivity contribution >= 4 is 28.9 Å². The topological polar surface area (TPSA) is 47.8 Å². The molecule has 0 radical (unpaired) electrons. The maximum absolute atomic E-state index is 12.3. The molecule has 0 amide bonds. The third kappa shape index (κ3) is 5.37. The zero-order valence-corrected chi connectivity index (χ0v) is 18.3. The van der Waals surface area contributed by atoms with Gasteiger partial charge >= 0.3 is 0 Å². The van der Waals surface area contributed by atoms with E-state index in [-0.39, 0.29) is 5.78 Å². The predicted molar refractivity (Wildman–Crippen MR) is 120 cm³/mol. The minimum absolute atomic E-state index is 0.221. The Morgan fingerprint density at radius 2 is 1.90 bits per heavy atom. The Balaban J connectivity index is 1.39. The van der Waals surface area contributed by atoms with Crippen LogP contribution in [-0.2, 0) is 6.42 Å². The van der Waals surface area contributed by atoms with E-state index in [0.717, 1.165) is 35.1 Å². The van der Waals surface area contributed by atoms with Crippen LogP contribution in [0.5, 0.6) is 0 Å². The van der Waals surface area contributed by atoms with Gasteiger partial charge in [-0.2, -0.15) is 0 Å². The van der Waals surface area contributed by atoms with Crippen LogP contribution in [0.4, 0.5) is 0 Å². The van der Waals surface area contributed by atoms with Crippen LogP contribution in [0.2, 0.25) is 0 Å². The lowest BCUT2D eigenvalue weighted by atomic mass is 9.95. The van der Waals surface area contributed by atoms with E-state index in [4.69, 9.17) is 0 Å². The Hall–Kier alpha value is -1.92. The molecule has 0 N–H and O–H groups in total. The number of thiophene rings is 1. The summed E-state index contributed by atoms with van der Waals surface area (Å²) < 4.78 is 2.41. The van der Waals surface area contributed by atoms with Crippen molar-refractivity contribution in [3.63, 3.8) is 0 Å². The molecule has 0 unspecified atom stereocenters. The highest BCUT2D eigenvalue weighted by Gasteiger charge is 2.23. The van der Waals surface area contributed by atoms with Gasteiger partial charge in [0, 0.05) is 35.1 Å². The fourth-order valence-corrected chi connectivity index (χ4v) is 5.63. The number of carbonyl (C=O) groups is 1. The normalized spacial score (nSPS) is 14.9. The third-order valence-corrected chi connectivity index (χ3v) is 7.37. The highest BCUT2D eigenvalue weighted by atomic mass is 32.2. The van der Waals surface area contributed by atoms with Crippen LogP contribution >= 0.6 is 23.1 Å². The molecular weight excluding hydrogens is 398 g/mol. The van der Waals surface area contributed by atoms with Crippen molar-refractivity contribution in [1.82, 2.24) is 14.8 Å². The molecule has 1 saturated carbocycles. The Morgan fingerprint density at radius 1 is 1.07 bits per heavy atom. The maximum atomic E-state index is 12.3. The van der Waals surface area contributed by atoms with Crippen LogP contribution in [0.1, 0.15) is 72.0 Å². The first-order valence-corrected chi connectivity index (χ1v) is 12.3. The Kier molecular flexibility index (Phi) is 7.17. The molecule has 1 fully saturated rings. The van der Waals surface area contributed by atoms with Crippen LogP contribution in [0.3, 0.4) is 0 Å². The standard InChI is InChI=1S/C23H27N3OS2/c27-21(18-9-3-1-4-10-18)14-8-16-29-23-25-24-22(17-20-13-7-15-28-20)26(23)19-11-5-2-6-12-19/h1,3-4,7,9-10,13,15,19H,2,5-6,8,11-12,14,16-17H2. The number of aromatic nitrogens is 3. The molecule has 0 bridgehead atoms. The number of rotatable bonds is 9. The molecular formula is C23H27N3OS2.